The van der Waals surface area contributed by atoms with E-state index in [4.69, 9.17) is 0 Å². The van der Waals surface area contributed by atoms with Gasteiger partial charge in [0.25, 0.3) is 0 Å². The molecule has 0 unspecified atom stereocenters. The fraction of sp³-hybridized carbons (Fsp3) is 0.700. The molecule has 0 N–H and O–H groups in total. The van der Waals surface area contributed by atoms with E-state index >= 15 is 0 Å². The highest BCUT2D eigenvalue weighted by Crippen LogP contribution is 2.14. The van der Waals surface area contributed by atoms with Crippen LogP contribution in [0.4, 0.5) is 0 Å². The van der Waals surface area contributed by atoms with Crippen molar-refractivity contribution in [2.24, 2.45) is 0 Å². The minimum absolute atomic E-state index is 0.202. The summed E-state index contributed by atoms with van der Waals surface area (Å²) in [6.45, 7) is 4.00. The first-order chi connectivity index (χ1) is 6.75. The Labute approximate surface area is 88.7 Å². The lowest BCUT2D eigenvalue weighted by Gasteiger charge is -1.97. The second-order valence-electron chi connectivity index (χ2n) is 3.42. The average Bonchev–Trinajstić information content (AvgIpc) is 2.59. The molecule has 0 aliphatic carbocycles. The molecule has 1 rings (SSSR count). The topological polar surface area (TPSA) is 42.9 Å². The second kappa shape index (κ2) is 5.86. The summed E-state index contributed by atoms with van der Waals surface area (Å²) in [5.74, 6) is 0.202. The number of ketones is 1. The first-order valence-corrected chi connectivity index (χ1v) is 5.85. The molecule has 1 heterocycles. The predicted molar refractivity (Wildman–Crippen MR) is 57.7 cm³/mol. The van der Waals surface area contributed by atoms with E-state index in [1.807, 2.05) is 6.92 Å². The number of carbonyl (C=O) groups is 1. The molecule has 1 aromatic rings. The highest BCUT2D eigenvalue weighted by molar-refractivity contribution is 7.08. The lowest BCUT2D eigenvalue weighted by Crippen LogP contribution is -1.98. The number of Topliss-reactive ketones (excluding diaryl/α,β-unsaturated/α-hetero) is 1. The third kappa shape index (κ3) is 3.18. The Morgan fingerprint density at radius 3 is 2.71 bits per heavy atom. The number of hydrogen-bond acceptors (Lipinski definition) is 4. The van der Waals surface area contributed by atoms with Crippen LogP contribution in [0.1, 0.15) is 54.4 Å². The average molecular weight is 212 g/mol. The number of nitrogens with zero attached hydrogens (tertiary/aromatic N) is 2. The van der Waals surface area contributed by atoms with E-state index in [-0.39, 0.29) is 5.78 Å². The van der Waals surface area contributed by atoms with Crippen LogP contribution in [0, 0.1) is 6.92 Å². The van der Waals surface area contributed by atoms with Gasteiger partial charge < -0.3 is 0 Å². The highest BCUT2D eigenvalue weighted by atomic mass is 32.1. The summed E-state index contributed by atoms with van der Waals surface area (Å²) in [6.07, 6.45) is 5.20. The van der Waals surface area contributed by atoms with Gasteiger partial charge in [-0.25, -0.2) is 0 Å². The van der Waals surface area contributed by atoms with Crippen molar-refractivity contribution in [3.8, 4) is 0 Å². The molecular weight excluding hydrogens is 196 g/mol. The minimum atomic E-state index is 0.202. The monoisotopic (exact) mass is 212 g/mol. The summed E-state index contributed by atoms with van der Waals surface area (Å²) < 4.78 is 3.76. The van der Waals surface area contributed by atoms with E-state index in [9.17, 15) is 4.79 Å². The molecule has 0 aliphatic rings. The van der Waals surface area contributed by atoms with Gasteiger partial charge in [0, 0.05) is 6.42 Å². The van der Waals surface area contributed by atoms with Gasteiger partial charge in [-0.15, -0.1) is 5.10 Å². The van der Waals surface area contributed by atoms with Gasteiger partial charge in [-0.05, 0) is 24.9 Å². The lowest BCUT2D eigenvalue weighted by molar-refractivity contribution is 0.0982. The highest BCUT2D eigenvalue weighted by Gasteiger charge is 2.11. The van der Waals surface area contributed by atoms with Gasteiger partial charge in [0.15, 0.2) is 5.78 Å². The van der Waals surface area contributed by atoms with E-state index in [1.165, 1.54) is 24.4 Å². The molecule has 0 aliphatic heterocycles. The van der Waals surface area contributed by atoms with Gasteiger partial charge in [0.2, 0.25) is 0 Å². The molecule has 14 heavy (non-hydrogen) atoms. The summed E-state index contributed by atoms with van der Waals surface area (Å²) in [4.78, 5) is 12.4. The van der Waals surface area contributed by atoms with E-state index < -0.39 is 0 Å². The summed E-state index contributed by atoms with van der Waals surface area (Å²) in [6, 6.07) is 0. The van der Waals surface area contributed by atoms with E-state index in [0.717, 1.165) is 23.4 Å². The Kier molecular flexibility index (Phi) is 4.73. The number of unbranched alkanes of at least 4 members (excludes halogenated alkanes) is 3. The fourth-order valence-electron chi connectivity index (χ4n) is 1.31. The summed E-state index contributed by atoms with van der Waals surface area (Å²) >= 11 is 1.21. The van der Waals surface area contributed by atoms with Crippen molar-refractivity contribution in [3.05, 3.63) is 10.6 Å². The largest absolute Gasteiger partial charge is 0.293 e. The van der Waals surface area contributed by atoms with Crippen molar-refractivity contribution in [2.75, 3.05) is 0 Å². The zero-order chi connectivity index (χ0) is 10.4. The molecule has 0 fully saturated rings. The molecular formula is C10H16N2OS. The maximum atomic E-state index is 11.6. The van der Waals surface area contributed by atoms with Crippen molar-refractivity contribution in [3.63, 3.8) is 0 Å². The van der Waals surface area contributed by atoms with Crippen LogP contribution in [0.5, 0.6) is 0 Å². The molecule has 0 atom stereocenters. The van der Waals surface area contributed by atoms with E-state index in [0.29, 0.717) is 6.42 Å². The normalized spacial score (nSPS) is 10.4. The number of aryl methyl sites for hydroxylation is 1. The van der Waals surface area contributed by atoms with Crippen molar-refractivity contribution in [1.29, 1.82) is 0 Å². The van der Waals surface area contributed by atoms with Crippen LogP contribution in [0.25, 0.3) is 0 Å². The van der Waals surface area contributed by atoms with Gasteiger partial charge in [-0.2, -0.15) is 0 Å². The smallest absolute Gasteiger partial charge is 0.176 e. The first kappa shape index (κ1) is 11.3. The van der Waals surface area contributed by atoms with Crippen LogP contribution < -0.4 is 0 Å². The van der Waals surface area contributed by atoms with Gasteiger partial charge >= 0.3 is 0 Å². The van der Waals surface area contributed by atoms with Crippen LogP contribution >= 0.6 is 11.5 Å². The fourth-order valence-corrected chi connectivity index (χ4v) is 1.93. The first-order valence-electron chi connectivity index (χ1n) is 5.08. The Morgan fingerprint density at radius 1 is 1.36 bits per heavy atom. The minimum Gasteiger partial charge on any atom is -0.293 e. The van der Waals surface area contributed by atoms with Crippen LogP contribution in [0.2, 0.25) is 0 Å². The Hall–Kier alpha value is -0.770. The molecule has 0 saturated heterocycles. The molecule has 3 nitrogen and oxygen atoms in total. The quantitative estimate of drug-likeness (QED) is 0.537. The Morgan fingerprint density at radius 2 is 2.14 bits per heavy atom. The van der Waals surface area contributed by atoms with Gasteiger partial charge in [0.05, 0.1) is 5.69 Å². The zero-order valence-electron chi connectivity index (χ0n) is 8.75. The third-order valence-electron chi connectivity index (χ3n) is 2.16. The van der Waals surface area contributed by atoms with Crippen molar-refractivity contribution < 1.29 is 4.79 Å². The van der Waals surface area contributed by atoms with Crippen LogP contribution in [0.3, 0.4) is 0 Å². The Balaban J connectivity index is 2.32. The lowest BCUT2D eigenvalue weighted by atomic mass is 10.1. The van der Waals surface area contributed by atoms with E-state index in [2.05, 4.69) is 16.5 Å². The summed E-state index contributed by atoms with van der Waals surface area (Å²) in [5.41, 5.74) is 0.774. The molecule has 0 spiro atoms. The van der Waals surface area contributed by atoms with Crippen molar-refractivity contribution in [1.82, 2.24) is 9.59 Å². The zero-order valence-corrected chi connectivity index (χ0v) is 9.56. The molecule has 0 amide bonds. The molecule has 0 aromatic carbocycles. The molecule has 4 heteroatoms. The molecule has 78 valence electrons. The number of hydrogen-bond donors (Lipinski definition) is 0. The van der Waals surface area contributed by atoms with E-state index in [1.54, 1.807) is 0 Å². The van der Waals surface area contributed by atoms with Crippen LogP contribution in [-0.4, -0.2) is 15.4 Å². The van der Waals surface area contributed by atoms with Crippen molar-refractivity contribution >= 4 is 17.3 Å². The second-order valence-corrected chi connectivity index (χ2v) is 4.18. The van der Waals surface area contributed by atoms with Gasteiger partial charge in [-0.1, -0.05) is 30.7 Å². The standard InChI is InChI=1S/C10H16N2OS/c1-3-4-5-6-7-9(13)10-8(2)11-12-14-10/h3-7H2,1-2H3. The Bertz CT molecular complexity index is 296. The molecule has 1 aromatic heterocycles. The van der Waals surface area contributed by atoms with Gasteiger partial charge in [-0.3, -0.25) is 4.79 Å². The molecule has 0 saturated carbocycles. The molecule has 0 bridgehead atoms. The molecule has 0 radical (unpaired) electrons. The van der Waals surface area contributed by atoms with Crippen molar-refractivity contribution in [2.45, 2.75) is 46.0 Å². The van der Waals surface area contributed by atoms with Crippen LogP contribution in [0.15, 0.2) is 0 Å². The SMILES string of the molecule is CCCCCCC(=O)c1snnc1C. The predicted octanol–water partition coefficient (Wildman–Crippen LogP) is 3.00. The maximum absolute atomic E-state index is 11.6. The van der Waals surface area contributed by atoms with Crippen LogP contribution in [-0.2, 0) is 0 Å². The summed E-state index contributed by atoms with van der Waals surface area (Å²) in [7, 11) is 0. The third-order valence-corrected chi connectivity index (χ3v) is 3.03. The summed E-state index contributed by atoms with van der Waals surface area (Å²) in [5, 5.41) is 3.83. The number of rotatable bonds is 6. The number of aromatic nitrogens is 2. The number of carbonyl (C=O) groups excluding carboxylic acids is 1. The van der Waals surface area contributed by atoms with Gasteiger partial charge in [0.1, 0.15) is 4.88 Å². The maximum Gasteiger partial charge on any atom is 0.176 e.